The predicted octanol–water partition coefficient (Wildman–Crippen LogP) is 4.51. The van der Waals surface area contributed by atoms with Gasteiger partial charge in [-0.25, -0.2) is 0 Å². The van der Waals surface area contributed by atoms with Gasteiger partial charge in [-0.2, -0.15) is 0 Å². The Kier molecular flexibility index (Phi) is 6.83. The number of piperidine rings is 1. The lowest BCUT2D eigenvalue weighted by molar-refractivity contribution is -0.133. The lowest BCUT2D eigenvalue weighted by atomic mass is 9.88. The summed E-state index contributed by atoms with van der Waals surface area (Å²) in [6.07, 6.45) is 7.32. The number of nitrogens with one attached hydrogen (secondary N) is 1. The minimum atomic E-state index is -0.277. The van der Waals surface area contributed by atoms with E-state index in [1.807, 2.05) is 65.6 Å². The van der Waals surface area contributed by atoms with Crippen molar-refractivity contribution in [1.29, 1.82) is 0 Å². The van der Waals surface area contributed by atoms with E-state index in [-0.39, 0.29) is 29.7 Å². The number of rotatable bonds is 5. The van der Waals surface area contributed by atoms with Gasteiger partial charge in [-0.1, -0.05) is 79.9 Å². The number of carbonyl (C=O) groups excluding carboxylic acids is 2. The lowest BCUT2D eigenvalue weighted by Crippen LogP contribution is -2.49. The summed E-state index contributed by atoms with van der Waals surface area (Å²) in [7, 11) is 0. The quantitative estimate of drug-likeness (QED) is 0.797. The van der Waals surface area contributed by atoms with Crippen molar-refractivity contribution in [3.05, 3.63) is 71.8 Å². The van der Waals surface area contributed by atoms with Crippen molar-refractivity contribution in [3.8, 4) is 0 Å². The third kappa shape index (κ3) is 4.92. The van der Waals surface area contributed by atoms with Crippen LogP contribution in [0.3, 0.4) is 0 Å². The van der Waals surface area contributed by atoms with Crippen LogP contribution in [0.15, 0.2) is 60.7 Å². The first-order valence-electron chi connectivity index (χ1n) is 11.4. The second-order valence-electron chi connectivity index (χ2n) is 8.70. The molecule has 1 saturated heterocycles. The maximum absolute atomic E-state index is 13.5. The number of hydrogen-bond donors (Lipinski definition) is 1. The van der Waals surface area contributed by atoms with Crippen LogP contribution in [-0.4, -0.2) is 35.8 Å². The van der Waals surface area contributed by atoms with Crippen molar-refractivity contribution in [1.82, 2.24) is 10.2 Å². The van der Waals surface area contributed by atoms with Crippen molar-refractivity contribution in [2.45, 2.75) is 56.9 Å². The number of nitrogens with zero attached hydrogens (tertiary/aromatic N) is 1. The van der Waals surface area contributed by atoms with E-state index in [1.165, 1.54) is 19.3 Å². The largest absolute Gasteiger partial charge is 0.353 e. The van der Waals surface area contributed by atoms with Gasteiger partial charge in [0.25, 0.3) is 0 Å². The van der Waals surface area contributed by atoms with Crippen LogP contribution in [0.2, 0.25) is 0 Å². The predicted molar refractivity (Wildman–Crippen MR) is 119 cm³/mol. The van der Waals surface area contributed by atoms with Crippen LogP contribution >= 0.6 is 0 Å². The van der Waals surface area contributed by atoms with E-state index in [4.69, 9.17) is 0 Å². The topological polar surface area (TPSA) is 49.4 Å². The molecule has 30 heavy (non-hydrogen) atoms. The Labute approximate surface area is 179 Å². The monoisotopic (exact) mass is 404 g/mol. The van der Waals surface area contributed by atoms with Crippen LogP contribution in [0, 0.1) is 5.92 Å². The molecule has 1 aliphatic heterocycles. The van der Waals surface area contributed by atoms with Gasteiger partial charge in [-0.15, -0.1) is 0 Å². The van der Waals surface area contributed by atoms with Crippen molar-refractivity contribution in [2.75, 3.05) is 13.1 Å². The Morgan fingerprint density at radius 2 is 1.30 bits per heavy atom. The molecule has 4 heteroatoms. The number of amides is 2. The lowest BCUT2D eigenvalue weighted by Gasteiger charge is -2.35. The molecular formula is C26H32N2O2. The smallest absolute Gasteiger partial charge is 0.234 e. The number of carbonyl (C=O) groups is 2. The van der Waals surface area contributed by atoms with E-state index in [0.717, 1.165) is 36.8 Å². The summed E-state index contributed by atoms with van der Waals surface area (Å²) >= 11 is 0. The van der Waals surface area contributed by atoms with E-state index in [1.54, 1.807) is 0 Å². The molecule has 2 aliphatic rings. The number of likely N-dealkylation sites (tertiary alicyclic amines) is 1. The Hall–Kier alpha value is -2.62. The fourth-order valence-corrected chi connectivity index (χ4v) is 4.88. The van der Waals surface area contributed by atoms with Crippen LogP contribution in [0.1, 0.15) is 62.0 Å². The van der Waals surface area contributed by atoms with Gasteiger partial charge in [0.2, 0.25) is 11.8 Å². The summed E-state index contributed by atoms with van der Waals surface area (Å²) < 4.78 is 0. The molecule has 2 amide bonds. The van der Waals surface area contributed by atoms with Crippen molar-refractivity contribution >= 4 is 11.8 Å². The Morgan fingerprint density at radius 3 is 1.83 bits per heavy atom. The van der Waals surface area contributed by atoms with Crippen molar-refractivity contribution < 1.29 is 9.59 Å². The number of benzene rings is 2. The molecule has 2 aromatic carbocycles. The molecule has 0 radical (unpaired) electrons. The maximum atomic E-state index is 13.5. The van der Waals surface area contributed by atoms with Crippen LogP contribution in [0.25, 0.3) is 0 Å². The van der Waals surface area contributed by atoms with Gasteiger partial charge in [0.1, 0.15) is 0 Å². The third-order valence-corrected chi connectivity index (χ3v) is 6.64. The highest BCUT2D eigenvalue weighted by molar-refractivity contribution is 5.87. The molecular weight excluding hydrogens is 372 g/mol. The standard InChI is InChI=1S/C26H32N2O2/c29-25(22-14-8-3-9-15-22)27-23-16-18-28(19-17-23)26(30)24(20-10-4-1-5-11-20)21-12-6-2-7-13-21/h1-2,4-7,10-13,22-24H,3,8-9,14-19H2,(H,27,29). The number of hydrogen-bond acceptors (Lipinski definition) is 2. The molecule has 2 fully saturated rings. The first-order valence-corrected chi connectivity index (χ1v) is 11.4. The third-order valence-electron chi connectivity index (χ3n) is 6.64. The molecule has 1 N–H and O–H groups in total. The molecule has 0 bridgehead atoms. The van der Waals surface area contributed by atoms with Crippen LogP contribution < -0.4 is 5.32 Å². The van der Waals surface area contributed by atoms with E-state index in [9.17, 15) is 9.59 Å². The van der Waals surface area contributed by atoms with Gasteiger partial charge in [-0.05, 0) is 36.8 Å². The highest BCUT2D eigenvalue weighted by atomic mass is 16.2. The molecule has 158 valence electrons. The van der Waals surface area contributed by atoms with Crippen LogP contribution in [0.4, 0.5) is 0 Å². The normalized spacial score (nSPS) is 18.4. The maximum Gasteiger partial charge on any atom is 0.234 e. The zero-order valence-corrected chi connectivity index (χ0v) is 17.6. The summed E-state index contributed by atoms with van der Waals surface area (Å²) in [5, 5.41) is 3.26. The van der Waals surface area contributed by atoms with E-state index >= 15 is 0 Å². The second kappa shape index (κ2) is 9.92. The Morgan fingerprint density at radius 1 is 0.767 bits per heavy atom. The summed E-state index contributed by atoms with van der Waals surface area (Å²) in [6, 6.07) is 20.3. The molecule has 0 atom stereocenters. The fraction of sp³-hybridized carbons (Fsp3) is 0.462. The second-order valence-corrected chi connectivity index (χ2v) is 8.70. The highest BCUT2D eigenvalue weighted by Gasteiger charge is 2.31. The zero-order chi connectivity index (χ0) is 20.8. The summed E-state index contributed by atoms with van der Waals surface area (Å²) in [4.78, 5) is 28.1. The summed E-state index contributed by atoms with van der Waals surface area (Å²) in [6.45, 7) is 1.40. The highest BCUT2D eigenvalue weighted by Crippen LogP contribution is 2.29. The zero-order valence-electron chi connectivity index (χ0n) is 17.6. The van der Waals surface area contributed by atoms with Gasteiger partial charge in [0, 0.05) is 25.0 Å². The molecule has 1 aliphatic carbocycles. The van der Waals surface area contributed by atoms with Gasteiger partial charge < -0.3 is 10.2 Å². The van der Waals surface area contributed by atoms with E-state index < -0.39 is 0 Å². The first-order chi connectivity index (χ1) is 14.7. The minimum absolute atomic E-state index is 0.157. The van der Waals surface area contributed by atoms with Gasteiger partial charge in [-0.3, -0.25) is 9.59 Å². The summed E-state index contributed by atoms with van der Waals surface area (Å²) in [5.74, 6) is 0.301. The Balaban J connectivity index is 1.39. The average Bonchev–Trinajstić information content (AvgIpc) is 2.81. The fourth-order valence-electron chi connectivity index (χ4n) is 4.88. The molecule has 0 unspecified atom stereocenters. The van der Waals surface area contributed by atoms with Crippen LogP contribution in [-0.2, 0) is 9.59 Å². The minimum Gasteiger partial charge on any atom is -0.353 e. The van der Waals surface area contributed by atoms with E-state index in [0.29, 0.717) is 13.1 Å². The SMILES string of the molecule is O=C(NC1CCN(C(=O)C(c2ccccc2)c2ccccc2)CC1)C1CCCCC1. The molecule has 4 rings (SSSR count). The molecule has 2 aromatic rings. The van der Waals surface area contributed by atoms with Crippen molar-refractivity contribution in [3.63, 3.8) is 0 Å². The van der Waals surface area contributed by atoms with Crippen molar-refractivity contribution in [2.24, 2.45) is 5.92 Å². The van der Waals surface area contributed by atoms with Crippen LogP contribution in [0.5, 0.6) is 0 Å². The first kappa shape index (κ1) is 20.6. The van der Waals surface area contributed by atoms with E-state index in [2.05, 4.69) is 5.32 Å². The molecule has 1 heterocycles. The molecule has 0 aromatic heterocycles. The average molecular weight is 405 g/mol. The van der Waals surface area contributed by atoms with Gasteiger partial charge in [0.15, 0.2) is 0 Å². The molecule has 0 spiro atoms. The molecule has 4 nitrogen and oxygen atoms in total. The molecule has 1 saturated carbocycles. The van der Waals surface area contributed by atoms with Gasteiger partial charge in [0.05, 0.1) is 5.92 Å². The Bertz CT molecular complexity index is 783. The van der Waals surface area contributed by atoms with Gasteiger partial charge >= 0.3 is 0 Å². The summed E-state index contributed by atoms with van der Waals surface area (Å²) in [5.41, 5.74) is 2.06.